The summed E-state index contributed by atoms with van der Waals surface area (Å²) in [4.78, 5) is 14.6. The van der Waals surface area contributed by atoms with Gasteiger partial charge in [0.1, 0.15) is 6.61 Å². The van der Waals surface area contributed by atoms with Gasteiger partial charge in [-0.1, -0.05) is 55.5 Å². The predicted molar refractivity (Wildman–Crippen MR) is 104 cm³/mol. The zero-order valence-electron chi connectivity index (χ0n) is 15.6. The lowest BCUT2D eigenvalue weighted by Gasteiger charge is -2.31. The van der Waals surface area contributed by atoms with Crippen LogP contribution < -0.4 is 0 Å². The molecule has 1 N–H and O–H groups in total. The Morgan fingerprint density at radius 1 is 1.15 bits per heavy atom. The van der Waals surface area contributed by atoms with E-state index in [-0.39, 0.29) is 23.5 Å². The minimum Gasteiger partial charge on any atom is -0.448 e. The Kier molecular flexibility index (Phi) is 3.80. The van der Waals surface area contributed by atoms with Crippen molar-refractivity contribution in [2.45, 2.75) is 44.2 Å². The van der Waals surface area contributed by atoms with Crippen molar-refractivity contribution in [1.29, 1.82) is 0 Å². The van der Waals surface area contributed by atoms with E-state index in [9.17, 15) is 9.90 Å². The molecule has 1 saturated heterocycles. The Balaban J connectivity index is 1.35. The molecule has 2 aromatic carbocycles. The Labute approximate surface area is 159 Å². The molecule has 3 unspecified atom stereocenters. The molecule has 1 amide bonds. The Hall–Kier alpha value is -2.33. The van der Waals surface area contributed by atoms with Gasteiger partial charge in [-0.3, -0.25) is 0 Å². The van der Waals surface area contributed by atoms with Crippen LogP contribution in [0.5, 0.6) is 0 Å². The first-order chi connectivity index (χ1) is 13.1. The lowest BCUT2D eigenvalue weighted by Crippen LogP contribution is -2.43. The van der Waals surface area contributed by atoms with Gasteiger partial charge in [0.25, 0.3) is 0 Å². The smallest absolute Gasteiger partial charge is 0.410 e. The molecular weight excluding hydrogens is 338 g/mol. The number of hydrogen-bond acceptors (Lipinski definition) is 3. The summed E-state index contributed by atoms with van der Waals surface area (Å²) in [6, 6.07) is 16.6. The molecule has 5 rings (SSSR count). The first-order valence-corrected chi connectivity index (χ1v) is 9.85. The third kappa shape index (κ3) is 2.66. The summed E-state index contributed by atoms with van der Waals surface area (Å²) in [6.45, 7) is 3.23. The number of carbonyl (C=O) groups is 1. The minimum atomic E-state index is -0.430. The lowest BCUT2D eigenvalue weighted by atomic mass is 9.76. The molecule has 1 heterocycles. The van der Waals surface area contributed by atoms with E-state index in [2.05, 4.69) is 43.3 Å². The van der Waals surface area contributed by atoms with Gasteiger partial charge in [0.15, 0.2) is 0 Å². The number of amides is 1. The number of rotatable bonds is 2. The largest absolute Gasteiger partial charge is 0.448 e. The molecule has 2 aliphatic carbocycles. The first-order valence-electron chi connectivity index (χ1n) is 9.85. The number of nitrogens with zero attached hydrogens (tertiary/aromatic N) is 1. The summed E-state index contributed by atoms with van der Waals surface area (Å²) in [7, 11) is 0. The van der Waals surface area contributed by atoms with E-state index >= 15 is 0 Å². The van der Waals surface area contributed by atoms with Gasteiger partial charge < -0.3 is 14.7 Å². The van der Waals surface area contributed by atoms with Crippen molar-refractivity contribution < 1.29 is 14.6 Å². The maximum absolute atomic E-state index is 12.8. The molecule has 0 spiro atoms. The maximum Gasteiger partial charge on any atom is 0.410 e. The highest BCUT2D eigenvalue weighted by molar-refractivity contribution is 5.79. The van der Waals surface area contributed by atoms with Gasteiger partial charge in [-0.15, -0.1) is 0 Å². The highest BCUT2D eigenvalue weighted by Crippen LogP contribution is 2.46. The number of ether oxygens (including phenoxy) is 1. The molecule has 4 nitrogen and oxygen atoms in total. The fourth-order valence-electron chi connectivity index (χ4n) is 5.30. The summed E-state index contributed by atoms with van der Waals surface area (Å²) < 4.78 is 5.80. The van der Waals surface area contributed by atoms with Crippen LogP contribution in [0.2, 0.25) is 0 Å². The average Bonchev–Trinajstić information content (AvgIpc) is 3.17. The second kappa shape index (κ2) is 6.10. The van der Waals surface area contributed by atoms with E-state index in [1.807, 2.05) is 12.1 Å². The molecule has 4 heteroatoms. The summed E-state index contributed by atoms with van der Waals surface area (Å²) in [6.07, 6.45) is 1.90. The zero-order valence-corrected chi connectivity index (χ0v) is 15.6. The first kappa shape index (κ1) is 16.8. The van der Waals surface area contributed by atoms with E-state index in [1.54, 1.807) is 4.90 Å². The molecule has 3 aliphatic rings. The van der Waals surface area contributed by atoms with Gasteiger partial charge in [-0.05, 0) is 46.9 Å². The van der Waals surface area contributed by atoms with Crippen LogP contribution in [-0.2, 0) is 4.74 Å². The zero-order chi connectivity index (χ0) is 18.6. The van der Waals surface area contributed by atoms with Gasteiger partial charge in [0.05, 0.1) is 12.1 Å². The Morgan fingerprint density at radius 3 is 2.44 bits per heavy atom. The highest BCUT2D eigenvalue weighted by Gasteiger charge is 2.50. The van der Waals surface area contributed by atoms with Crippen molar-refractivity contribution >= 4 is 6.09 Å². The van der Waals surface area contributed by atoms with Gasteiger partial charge >= 0.3 is 6.09 Å². The summed E-state index contributed by atoms with van der Waals surface area (Å²) in [5, 5.41) is 10.3. The minimum absolute atomic E-state index is 0.0730. The molecule has 140 valence electrons. The number of hydrogen-bond donors (Lipinski definition) is 1. The van der Waals surface area contributed by atoms with Crippen LogP contribution in [0.25, 0.3) is 11.1 Å². The highest BCUT2D eigenvalue weighted by atomic mass is 16.6. The second-order valence-corrected chi connectivity index (χ2v) is 8.62. The standard InChI is InChI=1S/C23H25NO3/c1-23-11-10-21(25)20(12-23)24(14-23)22(26)27-13-19-17-8-4-2-6-15(17)16-7-3-5-9-18(16)19/h2-9,19-21,25H,10-14H2,1H3. The van der Waals surface area contributed by atoms with Crippen LogP contribution in [-0.4, -0.2) is 41.4 Å². The number of likely N-dealkylation sites (tertiary alicyclic amines) is 1. The van der Waals surface area contributed by atoms with Crippen molar-refractivity contribution in [1.82, 2.24) is 4.90 Å². The van der Waals surface area contributed by atoms with Crippen LogP contribution >= 0.6 is 0 Å². The van der Waals surface area contributed by atoms with Crippen molar-refractivity contribution in [3.8, 4) is 11.1 Å². The van der Waals surface area contributed by atoms with Crippen LogP contribution in [0.15, 0.2) is 48.5 Å². The van der Waals surface area contributed by atoms with Crippen molar-refractivity contribution in [2.24, 2.45) is 5.41 Å². The molecule has 3 atom stereocenters. The van der Waals surface area contributed by atoms with Gasteiger partial charge in [-0.25, -0.2) is 4.79 Å². The van der Waals surface area contributed by atoms with Crippen molar-refractivity contribution in [3.63, 3.8) is 0 Å². The molecular formula is C23H25NO3. The molecule has 27 heavy (non-hydrogen) atoms. The van der Waals surface area contributed by atoms with Gasteiger partial charge in [0, 0.05) is 12.5 Å². The summed E-state index contributed by atoms with van der Waals surface area (Å²) in [5.74, 6) is 0.0730. The van der Waals surface area contributed by atoms with Gasteiger partial charge in [-0.2, -0.15) is 0 Å². The van der Waals surface area contributed by atoms with E-state index in [0.717, 1.165) is 19.3 Å². The van der Waals surface area contributed by atoms with E-state index < -0.39 is 6.10 Å². The van der Waals surface area contributed by atoms with Crippen molar-refractivity contribution in [2.75, 3.05) is 13.2 Å². The molecule has 2 aromatic rings. The summed E-state index contributed by atoms with van der Waals surface area (Å²) >= 11 is 0. The number of carbonyl (C=O) groups excluding carboxylic acids is 1. The van der Waals surface area contributed by atoms with E-state index in [1.165, 1.54) is 22.3 Å². The van der Waals surface area contributed by atoms with Crippen LogP contribution in [0.1, 0.15) is 43.2 Å². The Morgan fingerprint density at radius 2 is 1.78 bits per heavy atom. The molecule has 0 aromatic heterocycles. The quantitative estimate of drug-likeness (QED) is 0.871. The topological polar surface area (TPSA) is 49.8 Å². The number of benzene rings is 2. The van der Waals surface area contributed by atoms with E-state index in [0.29, 0.717) is 13.2 Å². The third-order valence-electron chi connectivity index (χ3n) is 6.71. The number of aliphatic hydroxyl groups excluding tert-OH is 1. The average molecular weight is 363 g/mol. The Bertz CT molecular complexity index is 849. The second-order valence-electron chi connectivity index (χ2n) is 8.62. The normalized spacial score (nSPS) is 28.7. The fourth-order valence-corrected chi connectivity index (χ4v) is 5.30. The number of aliphatic hydroxyl groups is 1. The molecule has 1 saturated carbocycles. The van der Waals surface area contributed by atoms with E-state index in [4.69, 9.17) is 4.74 Å². The number of fused-ring (bicyclic) bond motifs is 5. The lowest BCUT2D eigenvalue weighted by molar-refractivity contribution is 0.0410. The monoisotopic (exact) mass is 363 g/mol. The molecule has 0 radical (unpaired) electrons. The predicted octanol–water partition coefficient (Wildman–Crippen LogP) is 4.17. The van der Waals surface area contributed by atoms with Crippen LogP contribution in [0.3, 0.4) is 0 Å². The maximum atomic E-state index is 12.8. The van der Waals surface area contributed by atoms with Gasteiger partial charge in [0.2, 0.25) is 0 Å². The third-order valence-corrected chi connectivity index (χ3v) is 6.71. The molecule has 1 aliphatic heterocycles. The molecule has 2 bridgehead atoms. The molecule has 2 fully saturated rings. The van der Waals surface area contributed by atoms with Crippen LogP contribution in [0, 0.1) is 5.41 Å². The fraction of sp³-hybridized carbons (Fsp3) is 0.435. The van der Waals surface area contributed by atoms with Crippen molar-refractivity contribution in [3.05, 3.63) is 59.7 Å². The van der Waals surface area contributed by atoms with Crippen LogP contribution in [0.4, 0.5) is 4.79 Å². The SMILES string of the molecule is CC12CCC(O)C(C1)N(C(=O)OCC1c3ccccc3-c3ccccc31)C2. The summed E-state index contributed by atoms with van der Waals surface area (Å²) in [5.41, 5.74) is 5.02.